The first-order chi connectivity index (χ1) is 9.24. The Labute approximate surface area is 114 Å². The highest BCUT2D eigenvalue weighted by molar-refractivity contribution is 5.33. The van der Waals surface area contributed by atoms with Crippen molar-refractivity contribution in [2.75, 3.05) is 44.8 Å². The number of aromatic nitrogens is 2. The zero-order valence-electron chi connectivity index (χ0n) is 11.6. The zero-order chi connectivity index (χ0) is 13.7. The minimum absolute atomic E-state index is 0.211. The van der Waals surface area contributed by atoms with E-state index < -0.39 is 0 Å². The molecule has 1 fully saturated rings. The fraction of sp³-hybridized carbons (Fsp3) is 0.692. The van der Waals surface area contributed by atoms with E-state index in [0.717, 1.165) is 26.1 Å². The second kappa shape index (κ2) is 6.68. The molecule has 0 aromatic carbocycles. The van der Waals surface area contributed by atoms with E-state index in [1.54, 1.807) is 12.3 Å². The van der Waals surface area contributed by atoms with E-state index in [2.05, 4.69) is 26.8 Å². The molecule has 6 nitrogen and oxygen atoms in total. The molecule has 1 atom stereocenters. The first-order valence-electron chi connectivity index (χ1n) is 6.76. The molecule has 0 amide bonds. The molecule has 19 heavy (non-hydrogen) atoms. The molecule has 2 heterocycles. The maximum absolute atomic E-state index is 9.11. The summed E-state index contributed by atoms with van der Waals surface area (Å²) in [5, 5.41) is 9.11. The van der Waals surface area contributed by atoms with Crippen molar-refractivity contribution < 1.29 is 9.84 Å². The van der Waals surface area contributed by atoms with Crippen molar-refractivity contribution in [3.8, 4) is 5.88 Å². The fourth-order valence-corrected chi connectivity index (χ4v) is 2.30. The van der Waals surface area contributed by atoms with Crippen molar-refractivity contribution >= 4 is 5.95 Å². The van der Waals surface area contributed by atoms with Crippen LogP contribution >= 0.6 is 0 Å². The predicted molar refractivity (Wildman–Crippen MR) is 73.5 cm³/mol. The molecule has 0 spiro atoms. The summed E-state index contributed by atoms with van der Waals surface area (Å²) in [7, 11) is 2.09. The van der Waals surface area contributed by atoms with Gasteiger partial charge in [-0.25, -0.2) is 4.98 Å². The topological polar surface area (TPSA) is 61.7 Å². The summed E-state index contributed by atoms with van der Waals surface area (Å²) < 4.78 is 5.40. The Morgan fingerprint density at radius 3 is 3.05 bits per heavy atom. The Balaban J connectivity index is 2.06. The van der Waals surface area contributed by atoms with Crippen molar-refractivity contribution in [3.05, 3.63) is 12.3 Å². The number of likely N-dealkylation sites (N-methyl/N-ethyl adjacent to an activating group) is 1. The molecule has 1 aliphatic heterocycles. The van der Waals surface area contributed by atoms with Gasteiger partial charge in [0.25, 0.3) is 0 Å². The number of hydrogen-bond donors (Lipinski definition) is 1. The molecule has 1 aliphatic rings. The van der Waals surface area contributed by atoms with Gasteiger partial charge in [-0.05, 0) is 20.4 Å². The van der Waals surface area contributed by atoms with E-state index in [0.29, 0.717) is 24.5 Å². The van der Waals surface area contributed by atoms with Crippen LogP contribution in [0.15, 0.2) is 12.3 Å². The van der Waals surface area contributed by atoms with Gasteiger partial charge in [-0.3, -0.25) is 4.90 Å². The molecule has 1 unspecified atom stereocenters. The lowest BCUT2D eigenvalue weighted by Crippen LogP contribution is -2.52. The van der Waals surface area contributed by atoms with E-state index in [1.165, 1.54) is 0 Å². The van der Waals surface area contributed by atoms with Gasteiger partial charge in [-0.2, -0.15) is 4.98 Å². The Morgan fingerprint density at radius 1 is 1.47 bits per heavy atom. The number of anilines is 1. The van der Waals surface area contributed by atoms with Gasteiger partial charge in [0.05, 0.1) is 6.61 Å². The molecule has 6 heteroatoms. The number of hydrogen-bond acceptors (Lipinski definition) is 6. The third-order valence-corrected chi connectivity index (χ3v) is 3.43. The van der Waals surface area contributed by atoms with Crippen LogP contribution in [0.2, 0.25) is 0 Å². The summed E-state index contributed by atoms with van der Waals surface area (Å²) >= 11 is 0. The summed E-state index contributed by atoms with van der Waals surface area (Å²) in [5.74, 6) is 1.33. The van der Waals surface area contributed by atoms with Crippen molar-refractivity contribution in [2.24, 2.45) is 0 Å². The molecule has 1 aromatic rings. The van der Waals surface area contributed by atoms with Gasteiger partial charge in [-0.15, -0.1) is 0 Å². The van der Waals surface area contributed by atoms with E-state index in [1.807, 2.05) is 6.92 Å². The van der Waals surface area contributed by atoms with Crippen LogP contribution in [0, 0.1) is 0 Å². The summed E-state index contributed by atoms with van der Waals surface area (Å²) in [4.78, 5) is 13.2. The van der Waals surface area contributed by atoms with Gasteiger partial charge >= 0.3 is 0 Å². The molecular weight excluding hydrogens is 244 g/mol. The summed E-state index contributed by atoms with van der Waals surface area (Å²) in [6.07, 6.45) is 2.50. The maximum Gasteiger partial charge on any atom is 0.228 e. The second-order valence-corrected chi connectivity index (χ2v) is 4.72. The largest absolute Gasteiger partial charge is 0.478 e. The quantitative estimate of drug-likeness (QED) is 0.831. The minimum Gasteiger partial charge on any atom is -0.478 e. The Morgan fingerprint density at radius 2 is 2.32 bits per heavy atom. The van der Waals surface area contributed by atoms with Crippen LogP contribution in [0.5, 0.6) is 5.88 Å². The van der Waals surface area contributed by atoms with Crippen molar-refractivity contribution in [1.29, 1.82) is 0 Å². The molecule has 0 radical (unpaired) electrons. The average Bonchev–Trinajstić information content (AvgIpc) is 2.42. The number of aliphatic hydroxyl groups excluding tert-OH is 1. The van der Waals surface area contributed by atoms with Gasteiger partial charge in [-0.1, -0.05) is 0 Å². The highest BCUT2D eigenvalue weighted by Crippen LogP contribution is 2.18. The zero-order valence-corrected chi connectivity index (χ0v) is 11.6. The number of rotatable bonds is 5. The van der Waals surface area contributed by atoms with Gasteiger partial charge in [0, 0.05) is 44.5 Å². The second-order valence-electron chi connectivity index (χ2n) is 4.72. The Kier molecular flexibility index (Phi) is 4.93. The highest BCUT2D eigenvalue weighted by Gasteiger charge is 2.25. The van der Waals surface area contributed by atoms with E-state index in [-0.39, 0.29) is 6.61 Å². The van der Waals surface area contributed by atoms with Crippen LogP contribution in [0.1, 0.15) is 13.3 Å². The SMILES string of the molecule is CCOc1ccnc(N2CCN(C)C(CCO)C2)n1. The maximum atomic E-state index is 9.11. The highest BCUT2D eigenvalue weighted by atomic mass is 16.5. The minimum atomic E-state index is 0.211. The van der Waals surface area contributed by atoms with Crippen LogP contribution in [-0.4, -0.2) is 65.9 Å². The van der Waals surface area contributed by atoms with Crippen LogP contribution in [0.25, 0.3) is 0 Å². The Hall–Kier alpha value is -1.40. The average molecular weight is 266 g/mol. The molecule has 0 bridgehead atoms. The van der Waals surface area contributed by atoms with Crippen LogP contribution in [0.3, 0.4) is 0 Å². The molecular formula is C13H22N4O2. The van der Waals surface area contributed by atoms with E-state index in [9.17, 15) is 0 Å². The fourth-order valence-electron chi connectivity index (χ4n) is 2.30. The van der Waals surface area contributed by atoms with Crippen molar-refractivity contribution in [3.63, 3.8) is 0 Å². The summed E-state index contributed by atoms with van der Waals surface area (Å²) in [6, 6.07) is 2.12. The van der Waals surface area contributed by atoms with Crippen molar-refractivity contribution in [2.45, 2.75) is 19.4 Å². The molecule has 0 saturated carbocycles. The molecule has 106 valence electrons. The Bertz CT molecular complexity index is 402. The third kappa shape index (κ3) is 3.54. The number of aliphatic hydroxyl groups is 1. The van der Waals surface area contributed by atoms with Crippen LogP contribution < -0.4 is 9.64 Å². The van der Waals surface area contributed by atoms with Gasteiger partial charge in [0.15, 0.2) is 0 Å². The molecule has 1 N–H and O–H groups in total. The lowest BCUT2D eigenvalue weighted by molar-refractivity contribution is 0.170. The third-order valence-electron chi connectivity index (χ3n) is 3.43. The van der Waals surface area contributed by atoms with Crippen LogP contribution in [0.4, 0.5) is 5.95 Å². The molecule has 0 aliphatic carbocycles. The smallest absolute Gasteiger partial charge is 0.228 e. The normalized spacial score (nSPS) is 20.6. The van der Waals surface area contributed by atoms with Gasteiger partial charge in [0.1, 0.15) is 0 Å². The monoisotopic (exact) mass is 266 g/mol. The number of piperazine rings is 1. The van der Waals surface area contributed by atoms with Crippen LogP contribution in [-0.2, 0) is 0 Å². The van der Waals surface area contributed by atoms with E-state index in [4.69, 9.17) is 9.84 Å². The van der Waals surface area contributed by atoms with Crippen molar-refractivity contribution in [1.82, 2.24) is 14.9 Å². The molecule has 1 saturated heterocycles. The lowest BCUT2D eigenvalue weighted by Gasteiger charge is -2.39. The standard InChI is InChI=1S/C13H22N4O2/c1-3-19-12-4-6-14-13(15-12)17-8-7-16(2)11(10-17)5-9-18/h4,6,11,18H,3,5,7-10H2,1-2H3. The number of ether oxygens (including phenoxy) is 1. The molecule has 1 aromatic heterocycles. The first kappa shape index (κ1) is 14.0. The van der Waals surface area contributed by atoms with E-state index >= 15 is 0 Å². The predicted octanol–water partition coefficient (Wildman–Crippen LogP) is 0.378. The van der Waals surface area contributed by atoms with Gasteiger partial charge < -0.3 is 14.7 Å². The lowest BCUT2D eigenvalue weighted by atomic mass is 10.1. The number of nitrogens with zero attached hydrogens (tertiary/aromatic N) is 4. The first-order valence-corrected chi connectivity index (χ1v) is 6.76. The van der Waals surface area contributed by atoms with Gasteiger partial charge in [0.2, 0.25) is 11.8 Å². The summed E-state index contributed by atoms with van der Waals surface area (Å²) in [5.41, 5.74) is 0. The summed E-state index contributed by atoms with van der Waals surface area (Å²) in [6.45, 7) is 5.44. The molecule has 2 rings (SSSR count).